The van der Waals surface area contributed by atoms with E-state index in [1.807, 2.05) is 54.6 Å². The van der Waals surface area contributed by atoms with Gasteiger partial charge in [-0.2, -0.15) is 14.8 Å². The minimum atomic E-state index is 0.122. The fraction of sp³-hybridized carbons (Fsp3) is 0.167. The number of halogens is 1. The van der Waals surface area contributed by atoms with Gasteiger partial charge in [-0.25, -0.2) is 0 Å². The van der Waals surface area contributed by atoms with Crippen LogP contribution in [0.5, 0.6) is 0 Å². The Morgan fingerprint density at radius 3 is 2.52 bits per heavy atom. The fourth-order valence-corrected chi connectivity index (χ4v) is 2.72. The van der Waals surface area contributed by atoms with E-state index < -0.39 is 0 Å². The van der Waals surface area contributed by atoms with E-state index in [1.165, 1.54) is 0 Å². The number of hydrogen-bond donors (Lipinski definition) is 1. The molecule has 23 heavy (non-hydrogen) atoms. The number of anilines is 2. The summed E-state index contributed by atoms with van der Waals surface area (Å²) in [5, 5.41) is 12.1. The maximum atomic E-state index is 4.42. The van der Waals surface area contributed by atoms with Crippen LogP contribution in [0, 0.1) is 0 Å². The van der Waals surface area contributed by atoms with Gasteiger partial charge in [0.1, 0.15) is 0 Å². The van der Waals surface area contributed by atoms with Crippen molar-refractivity contribution in [1.82, 2.24) is 0 Å². The van der Waals surface area contributed by atoms with Crippen molar-refractivity contribution < 1.29 is 4.58 Å². The Hall–Kier alpha value is -2.02. The number of azo groups is 1. The standard InChI is InChI=1S/C18H18IN4/c19-14-23-12-4-7-18(13-23)22-21-17-10-8-16(9-11-17)20-15-5-2-1-3-6-15/h1-6,8-13,18,20H,7,14H2/q+1. The Bertz CT molecular complexity index is 720. The summed E-state index contributed by atoms with van der Waals surface area (Å²) in [4.78, 5) is 0. The van der Waals surface area contributed by atoms with Gasteiger partial charge in [0.15, 0.2) is 23.0 Å². The van der Waals surface area contributed by atoms with Crippen molar-refractivity contribution >= 4 is 45.9 Å². The van der Waals surface area contributed by atoms with Crippen LogP contribution in [0.15, 0.2) is 77.1 Å². The third-order valence-electron chi connectivity index (χ3n) is 3.43. The average molecular weight is 417 g/mol. The van der Waals surface area contributed by atoms with E-state index in [1.54, 1.807) is 0 Å². The predicted molar refractivity (Wildman–Crippen MR) is 103 cm³/mol. The number of alkyl halides is 1. The van der Waals surface area contributed by atoms with Gasteiger partial charge in [0.2, 0.25) is 0 Å². The molecule has 0 aliphatic carbocycles. The van der Waals surface area contributed by atoms with Crippen molar-refractivity contribution in [2.45, 2.75) is 12.5 Å². The predicted octanol–water partition coefficient (Wildman–Crippen LogP) is 5.28. The average Bonchev–Trinajstić information content (AvgIpc) is 2.62. The summed E-state index contributed by atoms with van der Waals surface area (Å²) in [7, 11) is 0. The summed E-state index contributed by atoms with van der Waals surface area (Å²) in [6, 6.07) is 18.2. The molecule has 0 fully saturated rings. The molecule has 0 bridgehead atoms. The molecule has 4 nitrogen and oxygen atoms in total. The maximum absolute atomic E-state index is 4.42. The number of nitrogens with zero attached hydrogens (tertiary/aromatic N) is 3. The summed E-state index contributed by atoms with van der Waals surface area (Å²) >= 11 is 2.33. The Balaban J connectivity index is 1.62. The molecule has 0 amide bonds. The molecule has 116 valence electrons. The van der Waals surface area contributed by atoms with Crippen LogP contribution in [-0.2, 0) is 0 Å². The Labute approximate surface area is 149 Å². The lowest BCUT2D eigenvalue weighted by Gasteiger charge is -2.07. The second kappa shape index (κ2) is 8.01. The molecule has 0 spiro atoms. The lowest BCUT2D eigenvalue weighted by molar-refractivity contribution is -0.426. The first-order valence-electron chi connectivity index (χ1n) is 7.50. The zero-order chi connectivity index (χ0) is 15.9. The molecule has 1 aliphatic rings. The highest BCUT2D eigenvalue weighted by Crippen LogP contribution is 2.21. The Kier molecular flexibility index (Phi) is 5.52. The van der Waals surface area contributed by atoms with E-state index in [2.05, 4.69) is 61.2 Å². The smallest absolute Gasteiger partial charge is 0.197 e. The fourth-order valence-electron chi connectivity index (χ4n) is 2.26. The van der Waals surface area contributed by atoms with Crippen LogP contribution in [0.4, 0.5) is 17.1 Å². The van der Waals surface area contributed by atoms with E-state index in [0.717, 1.165) is 28.0 Å². The van der Waals surface area contributed by atoms with Crippen molar-refractivity contribution in [3.8, 4) is 0 Å². The van der Waals surface area contributed by atoms with Crippen LogP contribution >= 0.6 is 22.6 Å². The number of benzene rings is 2. The molecule has 0 radical (unpaired) electrons. The van der Waals surface area contributed by atoms with E-state index in [9.17, 15) is 0 Å². The molecule has 5 heteroatoms. The highest BCUT2D eigenvalue weighted by atomic mass is 127. The van der Waals surface area contributed by atoms with Gasteiger partial charge >= 0.3 is 0 Å². The molecule has 0 saturated carbocycles. The zero-order valence-corrected chi connectivity index (χ0v) is 14.8. The molecule has 1 heterocycles. The maximum Gasteiger partial charge on any atom is 0.197 e. The van der Waals surface area contributed by atoms with Gasteiger partial charge in [0, 0.05) is 17.8 Å². The molecule has 2 aromatic carbocycles. The van der Waals surface area contributed by atoms with Crippen molar-refractivity contribution in [2.24, 2.45) is 10.2 Å². The highest BCUT2D eigenvalue weighted by molar-refractivity contribution is 14.1. The van der Waals surface area contributed by atoms with Crippen LogP contribution in [0.1, 0.15) is 6.42 Å². The van der Waals surface area contributed by atoms with E-state index in [4.69, 9.17) is 0 Å². The third kappa shape index (κ3) is 4.72. The third-order valence-corrected chi connectivity index (χ3v) is 4.22. The van der Waals surface area contributed by atoms with Gasteiger partial charge in [0.25, 0.3) is 0 Å². The molecule has 0 saturated heterocycles. The normalized spacial score (nSPS) is 17.3. The summed E-state index contributed by atoms with van der Waals surface area (Å²) < 4.78 is 3.06. The molecule has 3 rings (SSSR count). The van der Waals surface area contributed by atoms with Crippen LogP contribution in [0.3, 0.4) is 0 Å². The molecular formula is C18H18IN4+. The van der Waals surface area contributed by atoms with Gasteiger partial charge in [-0.1, -0.05) is 18.2 Å². The molecule has 1 aliphatic heterocycles. The van der Waals surface area contributed by atoms with Crippen molar-refractivity contribution in [2.75, 3.05) is 9.87 Å². The van der Waals surface area contributed by atoms with E-state index in [0.29, 0.717) is 0 Å². The van der Waals surface area contributed by atoms with Crippen LogP contribution in [0.2, 0.25) is 0 Å². The lowest BCUT2D eigenvalue weighted by atomic mass is 10.2. The quantitative estimate of drug-likeness (QED) is 0.232. The number of hydrogen-bond acceptors (Lipinski definition) is 3. The van der Waals surface area contributed by atoms with Crippen molar-refractivity contribution in [3.63, 3.8) is 0 Å². The zero-order valence-electron chi connectivity index (χ0n) is 12.6. The molecule has 0 aromatic heterocycles. The van der Waals surface area contributed by atoms with Gasteiger partial charge in [-0.15, -0.1) is 0 Å². The second-order valence-corrected chi connectivity index (χ2v) is 5.91. The van der Waals surface area contributed by atoms with E-state index in [-0.39, 0.29) is 6.04 Å². The summed E-state index contributed by atoms with van der Waals surface area (Å²) in [6.07, 6.45) is 7.24. The minimum Gasteiger partial charge on any atom is -0.356 e. The van der Waals surface area contributed by atoms with E-state index >= 15 is 0 Å². The van der Waals surface area contributed by atoms with Crippen LogP contribution in [0.25, 0.3) is 0 Å². The van der Waals surface area contributed by atoms with Crippen LogP contribution in [-0.4, -0.2) is 21.4 Å². The number of para-hydroxylation sites is 1. The van der Waals surface area contributed by atoms with Gasteiger partial charge in [-0.05, 0) is 65.1 Å². The van der Waals surface area contributed by atoms with Gasteiger partial charge < -0.3 is 5.32 Å². The number of nitrogens with one attached hydrogen (secondary N) is 1. The second-order valence-electron chi connectivity index (χ2n) is 5.22. The Morgan fingerprint density at radius 1 is 1.04 bits per heavy atom. The largest absolute Gasteiger partial charge is 0.356 e. The molecule has 1 unspecified atom stereocenters. The summed E-state index contributed by atoms with van der Waals surface area (Å²) in [5.41, 5.74) is 2.98. The minimum absolute atomic E-state index is 0.122. The monoisotopic (exact) mass is 417 g/mol. The van der Waals surface area contributed by atoms with Crippen LogP contribution < -0.4 is 5.32 Å². The van der Waals surface area contributed by atoms with Gasteiger partial charge in [0.05, 0.1) is 5.69 Å². The first-order valence-corrected chi connectivity index (χ1v) is 9.02. The molecular weight excluding hydrogens is 399 g/mol. The Morgan fingerprint density at radius 2 is 1.78 bits per heavy atom. The summed E-state index contributed by atoms with van der Waals surface area (Å²) in [6.45, 7) is 0. The molecule has 1 atom stereocenters. The first kappa shape index (κ1) is 15.9. The molecule has 2 aromatic rings. The summed E-state index contributed by atoms with van der Waals surface area (Å²) in [5.74, 6) is 0. The number of rotatable bonds is 5. The van der Waals surface area contributed by atoms with Crippen molar-refractivity contribution in [3.05, 3.63) is 66.9 Å². The first-order chi connectivity index (χ1) is 11.3. The highest BCUT2D eigenvalue weighted by Gasteiger charge is 2.13. The lowest BCUT2D eigenvalue weighted by Crippen LogP contribution is -2.17. The topological polar surface area (TPSA) is 39.8 Å². The van der Waals surface area contributed by atoms with Crippen molar-refractivity contribution in [1.29, 1.82) is 0 Å². The van der Waals surface area contributed by atoms with Gasteiger partial charge in [-0.3, -0.25) is 0 Å². The SMILES string of the molecule is IC[N+]1=CC(N=Nc2ccc(Nc3ccccc3)cc2)CC=C1. The molecule has 1 N–H and O–H groups in total.